The van der Waals surface area contributed by atoms with Crippen molar-refractivity contribution >= 4 is 5.91 Å². The third kappa shape index (κ3) is 4.24. The van der Waals surface area contributed by atoms with Crippen LogP contribution in [0.3, 0.4) is 0 Å². The molecule has 1 aliphatic rings. The van der Waals surface area contributed by atoms with Gasteiger partial charge in [-0.15, -0.1) is 0 Å². The highest BCUT2D eigenvalue weighted by Crippen LogP contribution is 2.40. The van der Waals surface area contributed by atoms with Gasteiger partial charge in [0, 0.05) is 6.54 Å². The zero-order chi connectivity index (χ0) is 19.9. The molecular formula is C25H25NO3. The molecule has 1 amide bonds. The Balaban J connectivity index is 1.76. The van der Waals surface area contributed by atoms with Gasteiger partial charge in [0.1, 0.15) is 12.2 Å². The van der Waals surface area contributed by atoms with Crippen molar-refractivity contribution < 1.29 is 14.3 Å². The molecule has 4 heteroatoms. The van der Waals surface area contributed by atoms with Crippen LogP contribution in [-0.4, -0.2) is 31.8 Å². The van der Waals surface area contributed by atoms with Gasteiger partial charge in [0.25, 0.3) is 0 Å². The van der Waals surface area contributed by atoms with E-state index in [1.54, 1.807) is 0 Å². The summed E-state index contributed by atoms with van der Waals surface area (Å²) < 4.78 is 12.5. The summed E-state index contributed by atoms with van der Waals surface area (Å²) in [5.74, 6) is -0.0760. The van der Waals surface area contributed by atoms with Crippen LogP contribution in [0.4, 0.5) is 0 Å². The molecule has 0 radical (unpaired) electrons. The average molecular weight is 387 g/mol. The molecule has 1 fully saturated rings. The van der Waals surface area contributed by atoms with Crippen LogP contribution in [0.1, 0.15) is 23.1 Å². The van der Waals surface area contributed by atoms with E-state index in [0.717, 1.165) is 23.1 Å². The van der Waals surface area contributed by atoms with Gasteiger partial charge in [-0.2, -0.15) is 0 Å². The van der Waals surface area contributed by atoms with Crippen LogP contribution < -0.4 is 5.32 Å². The molecule has 1 heterocycles. The van der Waals surface area contributed by atoms with E-state index >= 15 is 0 Å². The average Bonchev–Trinajstić information content (AvgIpc) is 3.00. The van der Waals surface area contributed by atoms with Crippen molar-refractivity contribution in [2.75, 3.05) is 19.8 Å². The molecule has 1 aliphatic heterocycles. The highest BCUT2D eigenvalue weighted by atomic mass is 16.5. The fraction of sp³-hybridized carbons (Fsp3) is 0.240. The molecule has 4 rings (SSSR count). The molecule has 0 bridgehead atoms. The van der Waals surface area contributed by atoms with Crippen LogP contribution in [0, 0.1) is 0 Å². The summed E-state index contributed by atoms with van der Waals surface area (Å²) in [6, 6.07) is 30.8. The minimum Gasteiger partial charge on any atom is -0.366 e. The molecule has 3 aromatic carbocycles. The number of amides is 1. The number of carbonyl (C=O) groups is 1. The number of nitrogens with one attached hydrogen (secondary N) is 1. The van der Waals surface area contributed by atoms with E-state index in [1.807, 2.05) is 54.6 Å². The van der Waals surface area contributed by atoms with E-state index in [9.17, 15) is 4.79 Å². The summed E-state index contributed by atoms with van der Waals surface area (Å²) >= 11 is 0. The summed E-state index contributed by atoms with van der Waals surface area (Å²) in [5.41, 5.74) is 2.40. The van der Waals surface area contributed by atoms with Crippen LogP contribution in [0.25, 0.3) is 0 Å². The number of benzene rings is 3. The Morgan fingerprint density at radius 1 is 0.828 bits per heavy atom. The van der Waals surface area contributed by atoms with Crippen molar-refractivity contribution in [3.8, 4) is 0 Å². The fourth-order valence-corrected chi connectivity index (χ4v) is 3.82. The van der Waals surface area contributed by atoms with Gasteiger partial charge in [0.2, 0.25) is 5.91 Å². The fourth-order valence-electron chi connectivity index (χ4n) is 3.82. The summed E-state index contributed by atoms with van der Waals surface area (Å²) in [6.45, 7) is 1.05. The molecule has 148 valence electrons. The minimum absolute atomic E-state index is 0.0725. The Bertz CT molecular complexity index is 816. The van der Waals surface area contributed by atoms with Crippen LogP contribution in [0.2, 0.25) is 0 Å². The quantitative estimate of drug-likeness (QED) is 0.653. The number of ether oxygens (including phenoxy) is 2. The maximum Gasteiger partial charge on any atom is 0.246 e. The highest BCUT2D eigenvalue weighted by molar-refractivity contribution is 5.77. The summed E-state index contributed by atoms with van der Waals surface area (Å²) in [4.78, 5) is 11.6. The van der Waals surface area contributed by atoms with Gasteiger partial charge in [-0.25, -0.2) is 0 Å². The summed E-state index contributed by atoms with van der Waals surface area (Å²) in [5, 5.41) is 2.85. The zero-order valence-electron chi connectivity index (χ0n) is 16.3. The topological polar surface area (TPSA) is 47.6 Å². The predicted molar refractivity (Wildman–Crippen MR) is 113 cm³/mol. The standard InChI is InChI=1S/C25H25NO3/c27-24-19-28-23(16-17-26-24)18-29-25(20-10-4-1-5-11-20,21-12-6-2-7-13-21)22-14-8-3-9-15-22/h1-15,23H,16-19H2,(H,26,27)/t23-/m0/s1. The first-order valence-electron chi connectivity index (χ1n) is 9.98. The second-order valence-corrected chi connectivity index (χ2v) is 7.16. The molecule has 29 heavy (non-hydrogen) atoms. The van der Waals surface area contributed by atoms with Crippen LogP contribution >= 0.6 is 0 Å². The second kappa shape index (κ2) is 9.03. The first-order chi connectivity index (χ1) is 14.3. The summed E-state index contributed by atoms with van der Waals surface area (Å²) in [7, 11) is 0. The maximum absolute atomic E-state index is 11.6. The number of hydrogen-bond acceptors (Lipinski definition) is 3. The predicted octanol–water partition coefficient (Wildman–Crippen LogP) is 3.90. The Labute approximate surface area is 171 Å². The number of hydrogen-bond donors (Lipinski definition) is 1. The molecule has 1 atom stereocenters. The molecule has 1 N–H and O–H groups in total. The lowest BCUT2D eigenvalue weighted by Gasteiger charge is -2.37. The summed E-state index contributed by atoms with van der Waals surface area (Å²) in [6.07, 6.45) is 0.574. The van der Waals surface area contributed by atoms with Crippen molar-refractivity contribution in [3.63, 3.8) is 0 Å². The normalized spacial score (nSPS) is 17.4. The molecule has 0 saturated carbocycles. The Morgan fingerprint density at radius 2 is 1.31 bits per heavy atom. The van der Waals surface area contributed by atoms with Gasteiger partial charge < -0.3 is 14.8 Å². The molecule has 0 spiro atoms. The molecular weight excluding hydrogens is 362 g/mol. The number of carbonyl (C=O) groups excluding carboxylic acids is 1. The van der Waals surface area contributed by atoms with Gasteiger partial charge in [0.05, 0.1) is 12.7 Å². The van der Waals surface area contributed by atoms with Gasteiger partial charge in [0.15, 0.2) is 0 Å². The smallest absolute Gasteiger partial charge is 0.246 e. The Kier molecular flexibility index (Phi) is 6.03. The minimum atomic E-state index is -0.767. The van der Waals surface area contributed by atoms with Crippen molar-refractivity contribution in [3.05, 3.63) is 108 Å². The lowest BCUT2D eigenvalue weighted by atomic mass is 9.80. The van der Waals surface area contributed by atoms with Gasteiger partial charge in [-0.1, -0.05) is 91.0 Å². The van der Waals surface area contributed by atoms with Gasteiger partial charge in [-0.3, -0.25) is 4.79 Å². The molecule has 0 aromatic heterocycles. The highest BCUT2D eigenvalue weighted by Gasteiger charge is 2.38. The Hall–Kier alpha value is -2.95. The first kappa shape index (κ1) is 19.4. The third-order valence-electron chi connectivity index (χ3n) is 5.27. The monoisotopic (exact) mass is 387 g/mol. The molecule has 1 saturated heterocycles. The van der Waals surface area contributed by atoms with E-state index in [1.165, 1.54) is 0 Å². The zero-order valence-corrected chi connectivity index (χ0v) is 16.3. The molecule has 3 aromatic rings. The van der Waals surface area contributed by atoms with Gasteiger partial charge in [-0.05, 0) is 23.1 Å². The van der Waals surface area contributed by atoms with Crippen molar-refractivity contribution in [2.45, 2.75) is 18.1 Å². The van der Waals surface area contributed by atoms with E-state index in [2.05, 4.69) is 41.7 Å². The lowest BCUT2D eigenvalue weighted by molar-refractivity contribution is -0.127. The maximum atomic E-state index is 11.6. The number of rotatable bonds is 6. The van der Waals surface area contributed by atoms with Crippen LogP contribution in [0.15, 0.2) is 91.0 Å². The SMILES string of the molecule is O=C1CO[C@H](COC(c2ccccc2)(c2ccccc2)c2ccccc2)CCN1. The van der Waals surface area contributed by atoms with E-state index in [0.29, 0.717) is 13.2 Å². The van der Waals surface area contributed by atoms with Crippen molar-refractivity contribution in [2.24, 2.45) is 0 Å². The van der Waals surface area contributed by atoms with Gasteiger partial charge >= 0.3 is 0 Å². The third-order valence-corrected chi connectivity index (χ3v) is 5.27. The van der Waals surface area contributed by atoms with E-state index in [4.69, 9.17) is 9.47 Å². The molecule has 4 nitrogen and oxygen atoms in total. The van der Waals surface area contributed by atoms with E-state index in [-0.39, 0.29) is 18.6 Å². The van der Waals surface area contributed by atoms with Crippen LogP contribution in [-0.2, 0) is 19.9 Å². The van der Waals surface area contributed by atoms with E-state index < -0.39 is 5.60 Å². The van der Waals surface area contributed by atoms with Crippen molar-refractivity contribution in [1.82, 2.24) is 5.32 Å². The molecule has 0 aliphatic carbocycles. The van der Waals surface area contributed by atoms with Crippen molar-refractivity contribution in [1.29, 1.82) is 0 Å². The second-order valence-electron chi connectivity index (χ2n) is 7.16. The lowest BCUT2D eigenvalue weighted by Crippen LogP contribution is -2.36. The first-order valence-corrected chi connectivity index (χ1v) is 9.98. The van der Waals surface area contributed by atoms with Crippen LogP contribution in [0.5, 0.6) is 0 Å². The Morgan fingerprint density at radius 3 is 1.79 bits per heavy atom. The largest absolute Gasteiger partial charge is 0.366 e. The molecule has 0 unspecified atom stereocenters.